The van der Waals surface area contributed by atoms with Crippen molar-refractivity contribution in [1.29, 1.82) is 0 Å². The van der Waals surface area contributed by atoms with E-state index in [1.54, 1.807) is 31.3 Å². The molecule has 0 aliphatic carbocycles. The molecule has 3 heterocycles. The summed E-state index contributed by atoms with van der Waals surface area (Å²) in [5.74, 6) is 1.48. The van der Waals surface area contributed by atoms with Crippen LogP contribution in [-0.4, -0.2) is 71.0 Å². The molecule has 2 aromatic heterocycles. The summed E-state index contributed by atoms with van der Waals surface area (Å²) in [4.78, 5) is 22.7. The van der Waals surface area contributed by atoms with Crippen LogP contribution >= 0.6 is 0 Å². The van der Waals surface area contributed by atoms with E-state index >= 15 is 0 Å². The highest BCUT2D eigenvalue weighted by atomic mass is 16.5. The highest BCUT2D eigenvalue weighted by Gasteiger charge is 2.29. The Morgan fingerprint density at radius 3 is 2.92 bits per heavy atom. The summed E-state index contributed by atoms with van der Waals surface area (Å²) in [6.07, 6.45) is 3.88. The fraction of sp³-hybridized carbons (Fsp3) is 0.529. The zero-order valence-electron chi connectivity index (χ0n) is 15.3. The van der Waals surface area contributed by atoms with E-state index in [1.165, 1.54) is 0 Å². The van der Waals surface area contributed by atoms with Gasteiger partial charge in [-0.1, -0.05) is 0 Å². The molecule has 0 aromatic carbocycles. The molecule has 0 bridgehead atoms. The number of hydrogen-bond acceptors (Lipinski definition) is 7. The summed E-state index contributed by atoms with van der Waals surface area (Å²) in [5, 5.41) is 7.41. The van der Waals surface area contributed by atoms with Crippen molar-refractivity contribution < 1.29 is 14.3 Å². The second-order valence-electron chi connectivity index (χ2n) is 6.23. The Morgan fingerprint density at radius 1 is 1.38 bits per heavy atom. The molecule has 1 N–H and O–H groups in total. The average molecular weight is 360 g/mol. The van der Waals surface area contributed by atoms with E-state index < -0.39 is 0 Å². The lowest BCUT2D eigenvalue weighted by atomic mass is 10.1. The van der Waals surface area contributed by atoms with Crippen molar-refractivity contribution >= 4 is 11.9 Å². The molecule has 1 fully saturated rings. The van der Waals surface area contributed by atoms with Gasteiger partial charge in [0, 0.05) is 52.3 Å². The predicted molar refractivity (Wildman–Crippen MR) is 95.8 cm³/mol. The van der Waals surface area contributed by atoms with Gasteiger partial charge in [-0.15, -0.1) is 0 Å². The van der Waals surface area contributed by atoms with Gasteiger partial charge in [-0.2, -0.15) is 5.10 Å². The van der Waals surface area contributed by atoms with E-state index in [0.29, 0.717) is 43.5 Å². The van der Waals surface area contributed by atoms with Crippen molar-refractivity contribution in [3.8, 4) is 17.1 Å². The van der Waals surface area contributed by atoms with Crippen LogP contribution in [0.25, 0.3) is 11.4 Å². The van der Waals surface area contributed by atoms with E-state index in [9.17, 15) is 4.79 Å². The summed E-state index contributed by atoms with van der Waals surface area (Å²) >= 11 is 0. The fourth-order valence-electron chi connectivity index (χ4n) is 3.04. The molecule has 0 radical (unpaired) electrons. The molecular weight excluding hydrogens is 336 g/mol. The van der Waals surface area contributed by atoms with Crippen molar-refractivity contribution in [3.63, 3.8) is 0 Å². The van der Waals surface area contributed by atoms with Crippen molar-refractivity contribution in [2.24, 2.45) is 13.0 Å². The van der Waals surface area contributed by atoms with Gasteiger partial charge in [-0.25, -0.2) is 9.97 Å². The summed E-state index contributed by atoms with van der Waals surface area (Å²) in [6.45, 7) is 2.55. The van der Waals surface area contributed by atoms with Gasteiger partial charge in [0.25, 0.3) is 0 Å². The number of aryl methyl sites for hydroxylation is 1. The molecule has 1 atom stereocenters. The molecule has 1 saturated heterocycles. The molecule has 0 saturated carbocycles. The Morgan fingerprint density at radius 2 is 2.23 bits per heavy atom. The molecule has 26 heavy (non-hydrogen) atoms. The van der Waals surface area contributed by atoms with Gasteiger partial charge in [0.2, 0.25) is 11.9 Å². The lowest BCUT2D eigenvalue weighted by molar-refractivity contribution is -0.128. The first kappa shape index (κ1) is 18.1. The number of nitrogens with one attached hydrogen (secondary N) is 1. The molecule has 1 amide bonds. The lowest BCUT2D eigenvalue weighted by Crippen LogP contribution is -2.29. The SMILES string of the molecule is COCCN1CC(CNc2ncc(OC)c(-c3ccnn3C)n2)CC1=O. The zero-order valence-corrected chi connectivity index (χ0v) is 15.3. The first-order chi connectivity index (χ1) is 12.6. The monoisotopic (exact) mass is 360 g/mol. The number of methoxy groups -OCH3 is 2. The van der Waals surface area contributed by atoms with Crippen LogP contribution in [0.1, 0.15) is 6.42 Å². The summed E-state index contributed by atoms with van der Waals surface area (Å²) in [7, 11) is 5.08. The quantitative estimate of drug-likeness (QED) is 0.744. The third-order valence-electron chi connectivity index (χ3n) is 4.45. The third-order valence-corrected chi connectivity index (χ3v) is 4.45. The van der Waals surface area contributed by atoms with Gasteiger partial charge in [-0.3, -0.25) is 9.48 Å². The van der Waals surface area contributed by atoms with Gasteiger partial charge >= 0.3 is 0 Å². The van der Waals surface area contributed by atoms with E-state index in [-0.39, 0.29) is 11.8 Å². The van der Waals surface area contributed by atoms with E-state index in [0.717, 1.165) is 12.2 Å². The number of rotatable bonds is 8. The van der Waals surface area contributed by atoms with Crippen LogP contribution in [0.15, 0.2) is 18.5 Å². The van der Waals surface area contributed by atoms with Crippen molar-refractivity contribution in [3.05, 3.63) is 18.5 Å². The molecule has 1 aliphatic rings. The molecule has 140 valence electrons. The van der Waals surface area contributed by atoms with Crippen LogP contribution in [0.5, 0.6) is 5.75 Å². The van der Waals surface area contributed by atoms with E-state index in [4.69, 9.17) is 9.47 Å². The van der Waals surface area contributed by atoms with Crippen LogP contribution in [0.4, 0.5) is 5.95 Å². The molecule has 2 aromatic rings. The highest BCUT2D eigenvalue weighted by Crippen LogP contribution is 2.27. The predicted octanol–water partition coefficient (Wildman–Crippen LogP) is 0.792. The van der Waals surface area contributed by atoms with E-state index in [2.05, 4.69) is 20.4 Å². The highest BCUT2D eigenvalue weighted by molar-refractivity contribution is 5.78. The standard InChI is InChI=1S/C17H24N6O3/c1-22-13(4-5-20-22)16-14(26-3)10-19-17(21-16)18-9-12-8-15(24)23(11-12)6-7-25-2/h4-5,10,12H,6-9,11H2,1-3H3,(H,18,19,21). The van der Waals surface area contributed by atoms with Crippen LogP contribution in [0.2, 0.25) is 0 Å². The second kappa shape index (κ2) is 8.13. The maximum atomic E-state index is 12.0. The lowest BCUT2D eigenvalue weighted by Gasteiger charge is -2.16. The Hall–Kier alpha value is -2.68. The minimum absolute atomic E-state index is 0.167. The minimum atomic E-state index is 0.167. The third kappa shape index (κ3) is 3.93. The van der Waals surface area contributed by atoms with Crippen LogP contribution < -0.4 is 10.1 Å². The Labute approximate surface area is 152 Å². The number of carbonyl (C=O) groups is 1. The molecule has 9 nitrogen and oxygen atoms in total. The van der Waals surface area contributed by atoms with Gasteiger partial charge in [-0.05, 0) is 6.07 Å². The molecular formula is C17H24N6O3. The Balaban J connectivity index is 1.66. The van der Waals surface area contributed by atoms with Gasteiger partial charge in [0.05, 0.1) is 25.6 Å². The summed E-state index contributed by atoms with van der Waals surface area (Å²) in [6, 6.07) is 1.87. The van der Waals surface area contributed by atoms with Gasteiger partial charge < -0.3 is 19.7 Å². The number of ether oxygens (including phenoxy) is 2. The fourth-order valence-corrected chi connectivity index (χ4v) is 3.04. The van der Waals surface area contributed by atoms with Gasteiger partial charge in [0.1, 0.15) is 5.69 Å². The molecule has 1 unspecified atom stereocenters. The van der Waals surface area contributed by atoms with Crippen LogP contribution in [0, 0.1) is 5.92 Å². The molecule has 1 aliphatic heterocycles. The molecule has 0 spiro atoms. The average Bonchev–Trinajstić information content (AvgIpc) is 3.23. The van der Waals surface area contributed by atoms with Crippen LogP contribution in [0.3, 0.4) is 0 Å². The number of anilines is 1. The largest absolute Gasteiger partial charge is 0.493 e. The number of hydrogen-bond donors (Lipinski definition) is 1. The number of likely N-dealkylation sites (tertiary alicyclic amines) is 1. The maximum absolute atomic E-state index is 12.0. The summed E-state index contributed by atoms with van der Waals surface area (Å²) in [5.41, 5.74) is 1.52. The maximum Gasteiger partial charge on any atom is 0.223 e. The number of amides is 1. The molecule has 9 heteroatoms. The van der Waals surface area contributed by atoms with Crippen LogP contribution in [-0.2, 0) is 16.6 Å². The minimum Gasteiger partial charge on any atom is -0.493 e. The van der Waals surface area contributed by atoms with E-state index in [1.807, 2.05) is 18.0 Å². The first-order valence-electron chi connectivity index (χ1n) is 8.52. The van der Waals surface area contributed by atoms with Crippen molar-refractivity contribution in [2.75, 3.05) is 45.8 Å². The first-order valence-corrected chi connectivity index (χ1v) is 8.52. The Bertz CT molecular complexity index is 763. The Kier molecular flexibility index (Phi) is 5.67. The number of carbonyl (C=O) groups excluding carboxylic acids is 1. The van der Waals surface area contributed by atoms with Gasteiger partial charge in [0.15, 0.2) is 5.75 Å². The topological polar surface area (TPSA) is 94.4 Å². The molecule has 3 rings (SSSR count). The normalized spacial score (nSPS) is 17.0. The summed E-state index contributed by atoms with van der Waals surface area (Å²) < 4.78 is 12.1. The van der Waals surface area contributed by atoms with Crippen molar-refractivity contribution in [1.82, 2.24) is 24.6 Å². The smallest absolute Gasteiger partial charge is 0.223 e. The number of nitrogens with zero attached hydrogens (tertiary/aromatic N) is 5. The van der Waals surface area contributed by atoms with Crippen molar-refractivity contribution in [2.45, 2.75) is 6.42 Å². The number of aromatic nitrogens is 4. The zero-order chi connectivity index (χ0) is 18.5. The second-order valence-corrected chi connectivity index (χ2v) is 6.23.